The van der Waals surface area contributed by atoms with Crippen molar-refractivity contribution in [1.29, 1.82) is 0 Å². The highest BCUT2D eigenvalue weighted by Gasteiger charge is 2.65. The molecule has 0 radical (unpaired) electrons. The Morgan fingerprint density at radius 2 is 2.50 bits per heavy atom. The van der Waals surface area contributed by atoms with Gasteiger partial charge in [0.15, 0.2) is 0 Å². The van der Waals surface area contributed by atoms with E-state index in [9.17, 15) is 9.59 Å². The Kier molecular flexibility index (Phi) is 1.40. The van der Waals surface area contributed by atoms with Crippen LogP contribution in [-0.4, -0.2) is 25.5 Å². The number of ether oxygens (including phenoxy) is 1. The Hall–Kier alpha value is -1.06. The van der Waals surface area contributed by atoms with Crippen molar-refractivity contribution < 1.29 is 14.3 Å². The van der Waals surface area contributed by atoms with Gasteiger partial charge in [-0.3, -0.25) is 9.59 Å². The van der Waals surface area contributed by atoms with Gasteiger partial charge in [0.1, 0.15) is 0 Å². The van der Waals surface area contributed by atoms with Crippen LogP contribution in [0.25, 0.3) is 0 Å². The van der Waals surface area contributed by atoms with Gasteiger partial charge in [-0.05, 0) is 12.8 Å². The molecule has 0 aromatic carbocycles. The van der Waals surface area contributed by atoms with Gasteiger partial charge in [0.25, 0.3) is 0 Å². The minimum Gasteiger partial charge on any atom is -0.469 e. The lowest BCUT2D eigenvalue weighted by molar-refractivity contribution is -0.144. The Morgan fingerprint density at radius 1 is 1.75 bits per heavy atom. The molecule has 0 aromatic rings. The summed E-state index contributed by atoms with van der Waals surface area (Å²) in [4.78, 5) is 22.3. The van der Waals surface area contributed by atoms with E-state index in [1.807, 2.05) is 0 Å². The number of hydrogen-bond acceptors (Lipinski definition) is 3. The van der Waals surface area contributed by atoms with Crippen LogP contribution >= 0.6 is 0 Å². The number of rotatable bonds is 1. The summed E-state index contributed by atoms with van der Waals surface area (Å²) in [5.41, 5.74) is -0.382. The normalized spacial score (nSPS) is 38.1. The van der Waals surface area contributed by atoms with Gasteiger partial charge >= 0.3 is 5.97 Å². The summed E-state index contributed by atoms with van der Waals surface area (Å²) in [7, 11) is 1.36. The van der Waals surface area contributed by atoms with E-state index in [2.05, 4.69) is 10.1 Å². The molecule has 2 atom stereocenters. The molecule has 12 heavy (non-hydrogen) atoms. The van der Waals surface area contributed by atoms with E-state index >= 15 is 0 Å². The first-order valence-corrected chi connectivity index (χ1v) is 4.07. The smallest absolute Gasteiger partial charge is 0.309 e. The number of carbonyl (C=O) groups excluding carboxylic acids is 2. The van der Waals surface area contributed by atoms with Crippen LogP contribution in [0.3, 0.4) is 0 Å². The van der Waals surface area contributed by atoms with Crippen LogP contribution in [0.4, 0.5) is 0 Å². The Balaban J connectivity index is 2.09. The maximum Gasteiger partial charge on any atom is 0.309 e. The maximum atomic E-state index is 11.3. The van der Waals surface area contributed by atoms with Crippen molar-refractivity contribution in [1.82, 2.24) is 5.32 Å². The lowest BCUT2D eigenvalue weighted by Gasteiger charge is -2.02. The van der Waals surface area contributed by atoms with Gasteiger partial charge in [0, 0.05) is 6.54 Å². The molecule has 2 fully saturated rings. The lowest BCUT2D eigenvalue weighted by Crippen LogP contribution is -2.23. The Labute approximate surface area is 70.3 Å². The molecule has 1 saturated heterocycles. The highest BCUT2D eigenvalue weighted by atomic mass is 16.5. The maximum absolute atomic E-state index is 11.3. The van der Waals surface area contributed by atoms with E-state index in [4.69, 9.17) is 0 Å². The SMILES string of the molecule is COC(=O)C1CC12CCNC2=O. The molecule has 1 saturated carbocycles. The van der Waals surface area contributed by atoms with Gasteiger partial charge in [-0.25, -0.2) is 0 Å². The van der Waals surface area contributed by atoms with E-state index in [-0.39, 0.29) is 23.2 Å². The summed E-state index contributed by atoms with van der Waals surface area (Å²) in [6, 6.07) is 0. The molecule has 2 aliphatic rings. The van der Waals surface area contributed by atoms with E-state index in [0.717, 1.165) is 6.42 Å². The van der Waals surface area contributed by atoms with E-state index < -0.39 is 0 Å². The molecular formula is C8H11NO3. The highest BCUT2D eigenvalue weighted by Crippen LogP contribution is 2.57. The van der Waals surface area contributed by atoms with E-state index in [1.165, 1.54) is 7.11 Å². The highest BCUT2D eigenvalue weighted by molar-refractivity contribution is 5.95. The molecule has 1 heterocycles. The minimum atomic E-state index is -0.382. The number of methoxy groups -OCH3 is 1. The van der Waals surface area contributed by atoms with Crippen LogP contribution in [0.5, 0.6) is 0 Å². The zero-order chi connectivity index (χ0) is 8.77. The van der Waals surface area contributed by atoms with Crippen molar-refractivity contribution in [2.75, 3.05) is 13.7 Å². The predicted octanol–water partition coefficient (Wildman–Crippen LogP) is -0.314. The van der Waals surface area contributed by atoms with Gasteiger partial charge in [0.2, 0.25) is 5.91 Å². The van der Waals surface area contributed by atoms with Crippen LogP contribution in [0.2, 0.25) is 0 Å². The quantitative estimate of drug-likeness (QED) is 0.547. The molecule has 0 bridgehead atoms. The molecule has 1 aliphatic carbocycles. The summed E-state index contributed by atoms with van der Waals surface area (Å²) in [5, 5.41) is 2.73. The molecule has 1 spiro atoms. The second-order valence-electron chi connectivity index (χ2n) is 3.44. The Morgan fingerprint density at radius 3 is 3.00 bits per heavy atom. The summed E-state index contributed by atoms with van der Waals surface area (Å²) in [6.45, 7) is 0.701. The summed E-state index contributed by atoms with van der Waals surface area (Å²) in [5.74, 6) is -0.394. The molecule has 0 aromatic heterocycles. The average molecular weight is 169 g/mol. The number of esters is 1. The molecule has 1 amide bonds. The van der Waals surface area contributed by atoms with Crippen molar-refractivity contribution in [2.24, 2.45) is 11.3 Å². The van der Waals surface area contributed by atoms with Crippen molar-refractivity contribution in [3.63, 3.8) is 0 Å². The van der Waals surface area contributed by atoms with Crippen LogP contribution in [-0.2, 0) is 14.3 Å². The van der Waals surface area contributed by atoms with Crippen LogP contribution < -0.4 is 5.32 Å². The number of hydrogen-bond donors (Lipinski definition) is 1. The van der Waals surface area contributed by atoms with Gasteiger partial charge < -0.3 is 10.1 Å². The van der Waals surface area contributed by atoms with Gasteiger partial charge in [-0.1, -0.05) is 0 Å². The molecule has 2 rings (SSSR count). The fourth-order valence-electron chi connectivity index (χ4n) is 1.97. The lowest BCUT2D eigenvalue weighted by atomic mass is 10.0. The summed E-state index contributed by atoms with van der Waals surface area (Å²) < 4.78 is 4.59. The molecule has 4 heteroatoms. The Bertz CT molecular complexity index is 251. The predicted molar refractivity (Wildman–Crippen MR) is 40.2 cm³/mol. The summed E-state index contributed by atoms with van der Waals surface area (Å²) in [6.07, 6.45) is 1.46. The standard InChI is InChI=1S/C8H11NO3/c1-12-6(10)5-4-8(5)2-3-9-7(8)11/h5H,2-4H2,1H3,(H,9,11). The van der Waals surface area contributed by atoms with Crippen molar-refractivity contribution in [3.8, 4) is 0 Å². The number of carbonyl (C=O) groups is 2. The van der Waals surface area contributed by atoms with Gasteiger partial charge in [0.05, 0.1) is 18.4 Å². The summed E-state index contributed by atoms with van der Waals surface area (Å²) >= 11 is 0. The molecular weight excluding hydrogens is 158 g/mol. The fourth-order valence-corrected chi connectivity index (χ4v) is 1.97. The fraction of sp³-hybridized carbons (Fsp3) is 0.750. The average Bonchev–Trinajstić information content (AvgIpc) is 2.68. The van der Waals surface area contributed by atoms with E-state index in [1.54, 1.807) is 0 Å². The second-order valence-corrected chi connectivity index (χ2v) is 3.44. The number of nitrogens with one attached hydrogen (secondary N) is 1. The monoisotopic (exact) mass is 169 g/mol. The first kappa shape index (κ1) is 7.58. The molecule has 1 N–H and O–H groups in total. The van der Waals surface area contributed by atoms with Crippen molar-refractivity contribution in [2.45, 2.75) is 12.8 Å². The molecule has 2 unspecified atom stereocenters. The molecule has 4 nitrogen and oxygen atoms in total. The van der Waals surface area contributed by atoms with Gasteiger partial charge in [-0.15, -0.1) is 0 Å². The first-order chi connectivity index (χ1) is 5.70. The first-order valence-electron chi connectivity index (χ1n) is 4.07. The molecule has 66 valence electrons. The van der Waals surface area contributed by atoms with E-state index in [0.29, 0.717) is 13.0 Å². The van der Waals surface area contributed by atoms with Crippen LogP contribution in [0.15, 0.2) is 0 Å². The molecule has 1 aliphatic heterocycles. The number of amides is 1. The largest absolute Gasteiger partial charge is 0.469 e. The third kappa shape index (κ3) is 0.777. The second kappa shape index (κ2) is 2.21. The van der Waals surface area contributed by atoms with Crippen LogP contribution in [0.1, 0.15) is 12.8 Å². The zero-order valence-corrected chi connectivity index (χ0v) is 6.92. The zero-order valence-electron chi connectivity index (χ0n) is 6.92. The minimum absolute atomic E-state index is 0.0258. The topological polar surface area (TPSA) is 55.4 Å². The van der Waals surface area contributed by atoms with Crippen molar-refractivity contribution >= 4 is 11.9 Å². The van der Waals surface area contributed by atoms with Crippen molar-refractivity contribution in [3.05, 3.63) is 0 Å². The van der Waals surface area contributed by atoms with Crippen LogP contribution in [0, 0.1) is 11.3 Å². The third-order valence-electron chi connectivity index (χ3n) is 2.87. The van der Waals surface area contributed by atoms with Gasteiger partial charge in [-0.2, -0.15) is 0 Å². The third-order valence-corrected chi connectivity index (χ3v) is 2.87.